The molecule has 1 aliphatic rings. The molecule has 0 spiro atoms. The van der Waals surface area contributed by atoms with Crippen LogP contribution < -0.4 is 0 Å². The molecule has 0 amide bonds. The first-order chi connectivity index (χ1) is 12.3. The van der Waals surface area contributed by atoms with Crippen molar-refractivity contribution in [3.05, 3.63) is 71.8 Å². The molecule has 0 bridgehead atoms. The fourth-order valence-electron chi connectivity index (χ4n) is 3.02. The molecule has 0 N–H and O–H groups in total. The smallest absolute Gasteiger partial charge is 0.411 e. The first kappa shape index (κ1) is 18.5. The number of nitrogens with zero attached hydrogens (tertiary/aromatic N) is 1. The Morgan fingerprint density at radius 3 is 2.12 bits per heavy atom. The summed E-state index contributed by atoms with van der Waals surface area (Å²) in [5.74, 6) is -0.0924. The number of hydrogen-bond donors (Lipinski definition) is 0. The van der Waals surface area contributed by atoms with Gasteiger partial charge in [0.1, 0.15) is 0 Å². The second-order valence-electron chi connectivity index (χ2n) is 7.38. The Balaban J connectivity index is 1.89. The second-order valence-corrected chi connectivity index (χ2v) is 7.38. The summed E-state index contributed by atoms with van der Waals surface area (Å²) in [5, 5.41) is 0. The SMILES string of the molecule is CC(C)(C)C1(OCCc2ccccc2)N=C(c2ccccc2)OC1(F)F. The van der Waals surface area contributed by atoms with Gasteiger partial charge in [-0.25, -0.2) is 4.99 Å². The Labute approximate surface area is 152 Å². The monoisotopic (exact) mass is 359 g/mol. The lowest BCUT2D eigenvalue weighted by atomic mass is 9.82. The number of halogens is 2. The van der Waals surface area contributed by atoms with Gasteiger partial charge >= 0.3 is 6.11 Å². The molecule has 1 heterocycles. The first-order valence-electron chi connectivity index (χ1n) is 8.65. The van der Waals surface area contributed by atoms with E-state index in [2.05, 4.69) is 4.99 Å². The molecule has 2 aromatic rings. The summed E-state index contributed by atoms with van der Waals surface area (Å²) in [4.78, 5) is 4.27. The van der Waals surface area contributed by atoms with Gasteiger partial charge in [0.15, 0.2) is 0 Å². The van der Waals surface area contributed by atoms with Crippen molar-refractivity contribution in [1.29, 1.82) is 0 Å². The van der Waals surface area contributed by atoms with Crippen molar-refractivity contribution in [2.24, 2.45) is 10.4 Å². The van der Waals surface area contributed by atoms with E-state index in [1.54, 1.807) is 45.0 Å². The largest absolute Gasteiger partial charge is 0.451 e. The van der Waals surface area contributed by atoms with Crippen LogP contribution in [0.1, 0.15) is 31.9 Å². The molecule has 0 fully saturated rings. The zero-order chi connectivity index (χ0) is 18.8. The highest BCUT2D eigenvalue weighted by Gasteiger charge is 2.69. The molecule has 0 aromatic heterocycles. The molecule has 0 aliphatic carbocycles. The van der Waals surface area contributed by atoms with Crippen molar-refractivity contribution >= 4 is 5.90 Å². The molecule has 0 radical (unpaired) electrons. The van der Waals surface area contributed by atoms with Crippen LogP contribution in [0.5, 0.6) is 0 Å². The van der Waals surface area contributed by atoms with Crippen molar-refractivity contribution in [3.8, 4) is 0 Å². The van der Waals surface area contributed by atoms with Crippen LogP contribution in [-0.2, 0) is 15.9 Å². The van der Waals surface area contributed by atoms with E-state index in [4.69, 9.17) is 9.47 Å². The molecular weight excluding hydrogens is 336 g/mol. The molecule has 3 rings (SSSR count). The van der Waals surface area contributed by atoms with Crippen molar-refractivity contribution in [3.63, 3.8) is 0 Å². The highest BCUT2D eigenvalue weighted by Crippen LogP contribution is 2.51. The summed E-state index contributed by atoms with van der Waals surface area (Å²) >= 11 is 0. The summed E-state index contributed by atoms with van der Waals surface area (Å²) in [6, 6.07) is 18.3. The quantitative estimate of drug-likeness (QED) is 0.747. The zero-order valence-corrected chi connectivity index (χ0v) is 15.2. The van der Waals surface area contributed by atoms with Crippen LogP contribution >= 0.6 is 0 Å². The summed E-state index contributed by atoms with van der Waals surface area (Å²) in [7, 11) is 0. The minimum absolute atomic E-state index is 0.0924. The molecule has 0 saturated heterocycles. The van der Waals surface area contributed by atoms with Gasteiger partial charge in [0.25, 0.3) is 5.72 Å². The fraction of sp³-hybridized carbons (Fsp3) is 0.381. The van der Waals surface area contributed by atoms with Crippen molar-refractivity contribution < 1.29 is 18.3 Å². The van der Waals surface area contributed by atoms with Gasteiger partial charge in [0, 0.05) is 11.0 Å². The third kappa shape index (κ3) is 3.36. The Morgan fingerprint density at radius 1 is 0.962 bits per heavy atom. The first-order valence-corrected chi connectivity index (χ1v) is 8.65. The number of rotatable bonds is 5. The predicted molar refractivity (Wildman–Crippen MR) is 97.3 cm³/mol. The Bertz CT molecular complexity index is 770. The third-order valence-electron chi connectivity index (χ3n) is 4.46. The Kier molecular flexibility index (Phi) is 4.84. The lowest BCUT2D eigenvalue weighted by Crippen LogP contribution is -2.56. The Hall–Kier alpha value is -2.27. The number of ether oxygens (including phenoxy) is 2. The summed E-state index contributed by atoms with van der Waals surface area (Å²) in [6.45, 7) is 5.17. The fourth-order valence-corrected chi connectivity index (χ4v) is 3.02. The van der Waals surface area contributed by atoms with Gasteiger partial charge in [-0.15, -0.1) is 0 Å². The standard InChI is InChI=1S/C21H23F2NO2/c1-19(2,3)20(25-15-14-16-10-6-4-7-11-16)21(22,23)26-18(24-20)17-12-8-5-9-13-17/h4-13H,14-15H2,1-3H3. The zero-order valence-electron chi connectivity index (χ0n) is 15.2. The van der Waals surface area contributed by atoms with Gasteiger partial charge in [-0.2, -0.15) is 8.78 Å². The minimum atomic E-state index is -3.56. The highest BCUT2D eigenvalue weighted by atomic mass is 19.3. The molecule has 1 unspecified atom stereocenters. The molecule has 26 heavy (non-hydrogen) atoms. The molecule has 1 atom stereocenters. The topological polar surface area (TPSA) is 30.8 Å². The predicted octanol–water partition coefficient (Wildman–Crippen LogP) is 5.06. The van der Waals surface area contributed by atoms with Crippen LogP contribution in [0.25, 0.3) is 0 Å². The lowest BCUT2D eigenvalue weighted by Gasteiger charge is -2.40. The summed E-state index contributed by atoms with van der Waals surface area (Å²) in [6.07, 6.45) is -3.04. The van der Waals surface area contributed by atoms with Crippen molar-refractivity contribution in [2.45, 2.75) is 39.0 Å². The van der Waals surface area contributed by atoms with Crippen LogP contribution in [0.2, 0.25) is 0 Å². The highest BCUT2D eigenvalue weighted by molar-refractivity contribution is 5.95. The van der Waals surface area contributed by atoms with E-state index in [1.807, 2.05) is 36.4 Å². The average molecular weight is 359 g/mol. The summed E-state index contributed by atoms with van der Waals surface area (Å²) < 4.78 is 40.7. The lowest BCUT2D eigenvalue weighted by molar-refractivity contribution is -0.320. The van der Waals surface area contributed by atoms with Crippen LogP contribution in [-0.4, -0.2) is 24.3 Å². The average Bonchev–Trinajstić information content (AvgIpc) is 2.88. The molecule has 3 nitrogen and oxygen atoms in total. The van der Waals surface area contributed by atoms with Crippen LogP contribution in [0.3, 0.4) is 0 Å². The summed E-state index contributed by atoms with van der Waals surface area (Å²) in [5.41, 5.74) is -1.53. The van der Waals surface area contributed by atoms with E-state index < -0.39 is 17.2 Å². The number of benzene rings is 2. The number of aliphatic imine (C=N–C) groups is 1. The molecule has 138 valence electrons. The van der Waals surface area contributed by atoms with E-state index in [0.29, 0.717) is 12.0 Å². The van der Waals surface area contributed by atoms with Crippen molar-refractivity contribution in [1.82, 2.24) is 0 Å². The third-order valence-corrected chi connectivity index (χ3v) is 4.46. The maximum Gasteiger partial charge on any atom is 0.451 e. The maximum absolute atomic E-state index is 15.0. The normalized spacial score (nSPS) is 22.0. The van der Waals surface area contributed by atoms with Crippen molar-refractivity contribution in [2.75, 3.05) is 6.61 Å². The van der Waals surface area contributed by atoms with E-state index in [9.17, 15) is 8.78 Å². The van der Waals surface area contributed by atoms with Gasteiger partial charge < -0.3 is 9.47 Å². The van der Waals surface area contributed by atoms with Gasteiger partial charge in [-0.05, 0) is 24.1 Å². The van der Waals surface area contributed by atoms with Gasteiger partial charge in [0.05, 0.1) is 6.61 Å². The van der Waals surface area contributed by atoms with Crippen LogP contribution in [0, 0.1) is 5.41 Å². The van der Waals surface area contributed by atoms with E-state index in [0.717, 1.165) is 5.56 Å². The maximum atomic E-state index is 15.0. The molecular formula is C21H23F2NO2. The van der Waals surface area contributed by atoms with Crippen LogP contribution in [0.4, 0.5) is 8.78 Å². The van der Waals surface area contributed by atoms with Gasteiger partial charge in [-0.3, -0.25) is 0 Å². The molecule has 0 saturated carbocycles. The number of hydrogen-bond acceptors (Lipinski definition) is 3. The number of alkyl halides is 2. The molecule has 5 heteroatoms. The molecule has 1 aliphatic heterocycles. The second kappa shape index (κ2) is 6.80. The Morgan fingerprint density at radius 2 is 1.54 bits per heavy atom. The van der Waals surface area contributed by atoms with Gasteiger partial charge in [0.2, 0.25) is 5.90 Å². The minimum Gasteiger partial charge on any atom is -0.411 e. The van der Waals surface area contributed by atoms with Gasteiger partial charge in [-0.1, -0.05) is 69.3 Å². The van der Waals surface area contributed by atoms with E-state index in [1.165, 1.54) is 0 Å². The van der Waals surface area contributed by atoms with E-state index >= 15 is 0 Å². The van der Waals surface area contributed by atoms with E-state index in [-0.39, 0.29) is 12.5 Å². The molecule has 2 aromatic carbocycles. The van der Waals surface area contributed by atoms with Crippen LogP contribution in [0.15, 0.2) is 65.7 Å².